The van der Waals surface area contributed by atoms with Crippen molar-refractivity contribution in [3.05, 3.63) is 70.3 Å². The zero-order valence-corrected chi connectivity index (χ0v) is 13.0. The van der Waals surface area contributed by atoms with Crippen LogP contribution in [0.25, 0.3) is 21.1 Å². The van der Waals surface area contributed by atoms with Gasteiger partial charge in [0.2, 0.25) is 5.56 Å². The van der Waals surface area contributed by atoms with Gasteiger partial charge in [0.25, 0.3) is 5.91 Å². The SMILES string of the molecule is O=C(Nc1nc2ccc(F)cc2s1)c1cc(=O)[nH]c2ccccc12. The van der Waals surface area contributed by atoms with Gasteiger partial charge in [0, 0.05) is 17.0 Å². The highest BCUT2D eigenvalue weighted by Gasteiger charge is 2.14. The van der Waals surface area contributed by atoms with E-state index in [1.54, 1.807) is 30.3 Å². The highest BCUT2D eigenvalue weighted by atomic mass is 32.1. The van der Waals surface area contributed by atoms with Crippen LogP contribution in [0.3, 0.4) is 0 Å². The molecule has 4 aromatic rings. The molecule has 2 N–H and O–H groups in total. The molecule has 2 aromatic carbocycles. The van der Waals surface area contributed by atoms with E-state index in [2.05, 4.69) is 15.3 Å². The van der Waals surface area contributed by atoms with Crippen LogP contribution < -0.4 is 10.9 Å². The van der Waals surface area contributed by atoms with E-state index in [1.165, 1.54) is 29.5 Å². The summed E-state index contributed by atoms with van der Waals surface area (Å²) in [5.41, 5.74) is 1.10. The number of nitrogens with zero attached hydrogens (tertiary/aromatic N) is 1. The molecule has 7 heteroatoms. The number of H-pyrrole nitrogens is 1. The van der Waals surface area contributed by atoms with Crippen molar-refractivity contribution in [2.24, 2.45) is 0 Å². The van der Waals surface area contributed by atoms with Crippen LogP contribution in [-0.2, 0) is 0 Å². The van der Waals surface area contributed by atoms with E-state index in [1.807, 2.05) is 0 Å². The third kappa shape index (κ3) is 2.55. The van der Waals surface area contributed by atoms with Gasteiger partial charge < -0.3 is 4.98 Å². The lowest BCUT2D eigenvalue weighted by atomic mass is 10.1. The minimum Gasteiger partial charge on any atom is -0.322 e. The number of halogens is 1. The van der Waals surface area contributed by atoms with Crippen molar-refractivity contribution in [3.63, 3.8) is 0 Å². The zero-order valence-electron chi connectivity index (χ0n) is 12.2. The molecule has 5 nitrogen and oxygen atoms in total. The lowest BCUT2D eigenvalue weighted by molar-refractivity contribution is 0.102. The van der Waals surface area contributed by atoms with E-state index in [-0.39, 0.29) is 16.9 Å². The third-order valence-corrected chi connectivity index (χ3v) is 4.50. The Labute approximate surface area is 138 Å². The van der Waals surface area contributed by atoms with Crippen molar-refractivity contribution in [2.45, 2.75) is 0 Å². The van der Waals surface area contributed by atoms with Crippen LogP contribution in [0.2, 0.25) is 0 Å². The smallest absolute Gasteiger partial charge is 0.258 e. The zero-order chi connectivity index (χ0) is 16.7. The number of carbonyl (C=O) groups is 1. The van der Waals surface area contributed by atoms with Gasteiger partial charge in [0.05, 0.1) is 15.8 Å². The van der Waals surface area contributed by atoms with Gasteiger partial charge >= 0.3 is 0 Å². The highest BCUT2D eigenvalue weighted by Crippen LogP contribution is 2.27. The van der Waals surface area contributed by atoms with Crippen LogP contribution in [0.5, 0.6) is 0 Å². The van der Waals surface area contributed by atoms with E-state index < -0.39 is 5.91 Å². The van der Waals surface area contributed by atoms with Crippen LogP contribution in [0, 0.1) is 5.82 Å². The summed E-state index contributed by atoms with van der Waals surface area (Å²) < 4.78 is 13.9. The minimum absolute atomic E-state index is 0.264. The second-order valence-electron chi connectivity index (χ2n) is 5.18. The number of thiazole rings is 1. The summed E-state index contributed by atoms with van der Waals surface area (Å²) in [6, 6.07) is 12.6. The van der Waals surface area contributed by atoms with Gasteiger partial charge in [-0.3, -0.25) is 14.9 Å². The molecule has 0 aliphatic carbocycles. The highest BCUT2D eigenvalue weighted by molar-refractivity contribution is 7.22. The number of carbonyl (C=O) groups excluding carboxylic acids is 1. The molecule has 0 spiro atoms. The van der Waals surface area contributed by atoms with Crippen LogP contribution in [0.1, 0.15) is 10.4 Å². The fourth-order valence-corrected chi connectivity index (χ4v) is 3.39. The Morgan fingerprint density at radius 1 is 1.17 bits per heavy atom. The number of pyridine rings is 1. The Morgan fingerprint density at radius 3 is 2.88 bits per heavy atom. The number of aromatic amines is 1. The molecule has 0 bridgehead atoms. The molecule has 24 heavy (non-hydrogen) atoms. The van der Waals surface area contributed by atoms with E-state index in [0.29, 0.717) is 26.3 Å². The molecule has 0 unspecified atom stereocenters. The third-order valence-electron chi connectivity index (χ3n) is 3.57. The number of nitrogens with one attached hydrogen (secondary N) is 2. The van der Waals surface area contributed by atoms with Gasteiger partial charge in [-0.15, -0.1) is 0 Å². The summed E-state index contributed by atoms with van der Waals surface area (Å²) in [6.07, 6.45) is 0. The van der Waals surface area contributed by atoms with Crippen LogP contribution in [0.4, 0.5) is 9.52 Å². The molecule has 1 amide bonds. The topological polar surface area (TPSA) is 74.8 Å². The quantitative estimate of drug-likeness (QED) is 0.587. The molecule has 0 radical (unpaired) electrons. The molecular formula is C17H10FN3O2S. The fourth-order valence-electron chi connectivity index (χ4n) is 2.51. The number of anilines is 1. The second kappa shape index (κ2) is 5.54. The van der Waals surface area contributed by atoms with Crippen molar-refractivity contribution in [1.29, 1.82) is 0 Å². The number of amides is 1. The molecule has 0 aliphatic heterocycles. The average Bonchev–Trinajstić information content (AvgIpc) is 2.95. The second-order valence-corrected chi connectivity index (χ2v) is 6.21. The Hall–Kier alpha value is -3.06. The molecule has 4 rings (SSSR count). The minimum atomic E-state index is -0.433. The molecule has 0 saturated heterocycles. The molecule has 0 fully saturated rings. The van der Waals surface area contributed by atoms with E-state index >= 15 is 0 Å². The van der Waals surface area contributed by atoms with Gasteiger partial charge in [-0.1, -0.05) is 29.5 Å². The summed E-state index contributed by atoms with van der Waals surface area (Å²) in [5, 5.41) is 3.67. The number of benzene rings is 2. The first-order valence-corrected chi connectivity index (χ1v) is 7.91. The Balaban J connectivity index is 1.74. The van der Waals surface area contributed by atoms with Crippen molar-refractivity contribution in [2.75, 3.05) is 5.32 Å². The maximum Gasteiger partial charge on any atom is 0.258 e. The summed E-state index contributed by atoms with van der Waals surface area (Å²) in [6.45, 7) is 0. The van der Waals surface area contributed by atoms with Gasteiger partial charge in [-0.2, -0.15) is 0 Å². The number of hydrogen-bond acceptors (Lipinski definition) is 4. The van der Waals surface area contributed by atoms with Crippen molar-refractivity contribution >= 4 is 43.5 Å². The molecule has 2 heterocycles. The largest absolute Gasteiger partial charge is 0.322 e. The van der Waals surface area contributed by atoms with Gasteiger partial charge in [0.1, 0.15) is 5.82 Å². The number of rotatable bonds is 2. The molecule has 0 saturated carbocycles. The molecular weight excluding hydrogens is 329 g/mol. The van der Waals surface area contributed by atoms with Gasteiger partial charge in [-0.25, -0.2) is 9.37 Å². The van der Waals surface area contributed by atoms with Crippen molar-refractivity contribution in [3.8, 4) is 0 Å². The number of aromatic nitrogens is 2. The van der Waals surface area contributed by atoms with Crippen LogP contribution in [-0.4, -0.2) is 15.9 Å². The maximum atomic E-state index is 13.2. The van der Waals surface area contributed by atoms with Gasteiger partial charge in [-0.05, 0) is 24.3 Å². The average molecular weight is 339 g/mol. The van der Waals surface area contributed by atoms with Gasteiger partial charge in [0.15, 0.2) is 5.13 Å². The number of hydrogen-bond donors (Lipinski definition) is 2. The fraction of sp³-hybridized carbons (Fsp3) is 0. The van der Waals surface area contributed by atoms with E-state index in [0.717, 1.165) is 0 Å². The predicted octanol–water partition coefficient (Wildman–Crippen LogP) is 3.53. The van der Waals surface area contributed by atoms with Crippen molar-refractivity contribution < 1.29 is 9.18 Å². The Kier molecular flexibility index (Phi) is 3.35. The van der Waals surface area contributed by atoms with E-state index in [9.17, 15) is 14.0 Å². The number of para-hydroxylation sites is 1. The Morgan fingerprint density at radius 2 is 2.00 bits per heavy atom. The molecule has 0 aliphatic rings. The summed E-state index contributed by atoms with van der Waals surface area (Å²) >= 11 is 1.18. The summed E-state index contributed by atoms with van der Waals surface area (Å²) in [4.78, 5) is 31.2. The van der Waals surface area contributed by atoms with Crippen molar-refractivity contribution in [1.82, 2.24) is 9.97 Å². The first kappa shape index (κ1) is 14.5. The van der Waals surface area contributed by atoms with Crippen LogP contribution in [0.15, 0.2) is 53.3 Å². The predicted molar refractivity (Wildman–Crippen MR) is 92.1 cm³/mol. The maximum absolute atomic E-state index is 13.2. The molecule has 2 aromatic heterocycles. The number of fused-ring (bicyclic) bond motifs is 2. The first-order chi connectivity index (χ1) is 11.6. The normalized spacial score (nSPS) is 11.0. The monoisotopic (exact) mass is 339 g/mol. The lowest BCUT2D eigenvalue weighted by Crippen LogP contribution is -2.16. The molecule has 0 atom stereocenters. The summed E-state index contributed by atoms with van der Waals surface area (Å²) in [5.74, 6) is -0.790. The standard InChI is InChI=1S/C17H10FN3O2S/c18-9-5-6-13-14(7-9)24-17(20-13)21-16(23)11-8-15(22)19-12-4-2-1-3-10(11)12/h1-8H,(H,19,22)(H,20,21,23). The lowest BCUT2D eigenvalue weighted by Gasteiger charge is -2.05. The Bertz CT molecular complexity index is 1150. The first-order valence-electron chi connectivity index (χ1n) is 7.10. The molecule has 118 valence electrons. The van der Waals surface area contributed by atoms with E-state index in [4.69, 9.17) is 0 Å². The summed E-state index contributed by atoms with van der Waals surface area (Å²) in [7, 11) is 0. The van der Waals surface area contributed by atoms with Crippen LogP contribution >= 0.6 is 11.3 Å².